The number of carbonyl (C=O) groups is 2. The molecule has 0 rings (SSSR count). The highest BCUT2D eigenvalue weighted by Crippen LogP contribution is 1.98. The zero-order valence-corrected chi connectivity index (χ0v) is 11.5. The van der Waals surface area contributed by atoms with Gasteiger partial charge in [-0.15, -0.1) is 0 Å². The highest BCUT2D eigenvalue weighted by molar-refractivity contribution is 5.79. The minimum absolute atomic E-state index is 0.0674. The first-order valence-electron chi connectivity index (χ1n) is 6.20. The molecule has 4 N–H and O–H groups in total. The van der Waals surface area contributed by atoms with E-state index >= 15 is 0 Å². The highest BCUT2D eigenvalue weighted by atomic mass is 16.5. The maximum atomic E-state index is 11.4. The van der Waals surface area contributed by atoms with Crippen LogP contribution in [0.5, 0.6) is 0 Å². The second-order valence-electron chi connectivity index (χ2n) is 5.05. The number of carbonyl (C=O) groups excluding carboxylic acids is 2. The van der Waals surface area contributed by atoms with E-state index in [1.807, 2.05) is 20.8 Å². The molecule has 6 nitrogen and oxygen atoms in total. The maximum absolute atomic E-state index is 11.4. The van der Waals surface area contributed by atoms with Crippen molar-refractivity contribution in [3.05, 3.63) is 0 Å². The fourth-order valence-electron chi connectivity index (χ4n) is 1.23. The lowest BCUT2D eigenvalue weighted by Gasteiger charge is -2.20. The molecule has 2 amide bonds. The Bertz CT molecular complexity index is 262. The molecule has 0 bridgehead atoms. The Morgan fingerprint density at radius 2 is 1.78 bits per heavy atom. The average molecular weight is 259 g/mol. The number of nitrogens with two attached hydrogens (primary N) is 1. The third kappa shape index (κ3) is 11.3. The van der Waals surface area contributed by atoms with E-state index in [4.69, 9.17) is 10.5 Å². The number of hydrogen-bond acceptors (Lipinski definition) is 4. The minimum atomic E-state index is -0.239. The molecule has 18 heavy (non-hydrogen) atoms. The largest absolute Gasteiger partial charge is 0.380 e. The lowest BCUT2D eigenvalue weighted by atomic mass is 10.1. The smallest absolute Gasteiger partial charge is 0.222 e. The van der Waals surface area contributed by atoms with Crippen LogP contribution in [-0.4, -0.2) is 43.7 Å². The van der Waals surface area contributed by atoms with Gasteiger partial charge in [-0.25, -0.2) is 0 Å². The number of hydrogen-bond donors (Lipinski definition) is 3. The van der Waals surface area contributed by atoms with Crippen molar-refractivity contribution in [2.75, 3.05) is 26.3 Å². The standard InChI is InChI=1S/C12H25N3O3/c1-12(2,3)15-11(17)4-7-14-10(16)5-8-18-9-6-13/h4-9,13H2,1-3H3,(H,14,16)(H,15,17). The summed E-state index contributed by atoms with van der Waals surface area (Å²) in [5, 5.41) is 5.49. The zero-order valence-electron chi connectivity index (χ0n) is 11.5. The van der Waals surface area contributed by atoms with Crippen molar-refractivity contribution in [2.24, 2.45) is 5.73 Å². The molecule has 0 aliphatic carbocycles. The molecule has 0 saturated carbocycles. The number of amides is 2. The van der Waals surface area contributed by atoms with Crippen molar-refractivity contribution in [1.82, 2.24) is 10.6 Å². The Hall–Kier alpha value is -1.14. The molecule has 6 heteroatoms. The van der Waals surface area contributed by atoms with Gasteiger partial charge in [-0.3, -0.25) is 9.59 Å². The van der Waals surface area contributed by atoms with Crippen LogP contribution in [0.3, 0.4) is 0 Å². The van der Waals surface area contributed by atoms with Gasteiger partial charge in [0.05, 0.1) is 13.2 Å². The maximum Gasteiger partial charge on any atom is 0.222 e. The van der Waals surface area contributed by atoms with E-state index in [1.54, 1.807) is 0 Å². The summed E-state index contributed by atoms with van der Waals surface area (Å²) in [6, 6.07) is 0. The van der Waals surface area contributed by atoms with E-state index in [9.17, 15) is 9.59 Å². The highest BCUT2D eigenvalue weighted by Gasteiger charge is 2.13. The third-order valence-corrected chi connectivity index (χ3v) is 1.92. The number of ether oxygens (including phenoxy) is 1. The van der Waals surface area contributed by atoms with Gasteiger partial charge in [0.1, 0.15) is 0 Å². The Morgan fingerprint density at radius 3 is 2.33 bits per heavy atom. The van der Waals surface area contributed by atoms with E-state index in [0.717, 1.165) is 0 Å². The van der Waals surface area contributed by atoms with Gasteiger partial charge in [0, 0.05) is 31.5 Å². The Morgan fingerprint density at radius 1 is 1.11 bits per heavy atom. The summed E-state index contributed by atoms with van der Waals surface area (Å²) in [7, 11) is 0. The van der Waals surface area contributed by atoms with Crippen molar-refractivity contribution in [1.29, 1.82) is 0 Å². The van der Waals surface area contributed by atoms with E-state index < -0.39 is 0 Å². The summed E-state index contributed by atoms with van der Waals surface area (Å²) in [5.41, 5.74) is 5.00. The van der Waals surface area contributed by atoms with E-state index in [-0.39, 0.29) is 23.8 Å². The lowest BCUT2D eigenvalue weighted by Crippen LogP contribution is -2.42. The van der Waals surface area contributed by atoms with Crippen LogP contribution < -0.4 is 16.4 Å². The van der Waals surface area contributed by atoms with Crippen LogP contribution in [0.25, 0.3) is 0 Å². The van der Waals surface area contributed by atoms with Gasteiger partial charge in [0.2, 0.25) is 11.8 Å². The fourth-order valence-corrected chi connectivity index (χ4v) is 1.23. The predicted molar refractivity (Wildman–Crippen MR) is 70.0 cm³/mol. The van der Waals surface area contributed by atoms with E-state index in [1.165, 1.54) is 0 Å². The molecule has 106 valence electrons. The van der Waals surface area contributed by atoms with Crippen molar-refractivity contribution in [3.8, 4) is 0 Å². The van der Waals surface area contributed by atoms with Crippen LogP contribution >= 0.6 is 0 Å². The molecule has 0 aromatic heterocycles. The molecule has 0 heterocycles. The summed E-state index contributed by atoms with van der Waals surface area (Å²) in [6.45, 7) is 7.36. The zero-order chi connectivity index (χ0) is 14.0. The van der Waals surface area contributed by atoms with Crippen molar-refractivity contribution >= 4 is 11.8 Å². The van der Waals surface area contributed by atoms with Gasteiger partial charge >= 0.3 is 0 Å². The molecule has 0 spiro atoms. The van der Waals surface area contributed by atoms with Gasteiger partial charge in [-0.1, -0.05) is 0 Å². The predicted octanol–water partition coefficient (Wildman–Crippen LogP) is -0.227. The third-order valence-electron chi connectivity index (χ3n) is 1.92. The quantitative estimate of drug-likeness (QED) is 0.525. The van der Waals surface area contributed by atoms with E-state index in [2.05, 4.69) is 10.6 Å². The molecule has 0 radical (unpaired) electrons. The molecule has 0 atom stereocenters. The van der Waals surface area contributed by atoms with Gasteiger partial charge in [0.25, 0.3) is 0 Å². The molecule has 0 aromatic carbocycles. The van der Waals surface area contributed by atoms with Gasteiger partial charge < -0.3 is 21.1 Å². The number of rotatable bonds is 8. The van der Waals surface area contributed by atoms with Crippen LogP contribution in [0.2, 0.25) is 0 Å². The molecule has 0 aliphatic heterocycles. The lowest BCUT2D eigenvalue weighted by molar-refractivity contribution is -0.123. The molecule has 0 fully saturated rings. The van der Waals surface area contributed by atoms with Crippen LogP contribution in [0.1, 0.15) is 33.6 Å². The van der Waals surface area contributed by atoms with Crippen LogP contribution in [-0.2, 0) is 14.3 Å². The van der Waals surface area contributed by atoms with Gasteiger partial charge in [-0.05, 0) is 20.8 Å². The summed E-state index contributed by atoms with van der Waals surface area (Å²) in [6.07, 6.45) is 0.577. The molecule has 0 aromatic rings. The van der Waals surface area contributed by atoms with Crippen LogP contribution in [0.15, 0.2) is 0 Å². The van der Waals surface area contributed by atoms with E-state index in [0.29, 0.717) is 32.7 Å². The second-order valence-corrected chi connectivity index (χ2v) is 5.05. The van der Waals surface area contributed by atoms with Crippen molar-refractivity contribution in [3.63, 3.8) is 0 Å². The van der Waals surface area contributed by atoms with Crippen molar-refractivity contribution < 1.29 is 14.3 Å². The molecule has 0 unspecified atom stereocenters. The molecule has 0 aliphatic rings. The monoisotopic (exact) mass is 259 g/mol. The first kappa shape index (κ1) is 16.9. The van der Waals surface area contributed by atoms with Crippen molar-refractivity contribution in [2.45, 2.75) is 39.2 Å². The normalized spacial score (nSPS) is 11.1. The Labute approximate surface area is 109 Å². The number of nitrogens with one attached hydrogen (secondary N) is 2. The van der Waals surface area contributed by atoms with Gasteiger partial charge in [-0.2, -0.15) is 0 Å². The Balaban J connectivity index is 3.53. The summed E-state index contributed by atoms with van der Waals surface area (Å²) >= 11 is 0. The molecule has 0 saturated heterocycles. The first-order chi connectivity index (χ1) is 8.35. The minimum Gasteiger partial charge on any atom is -0.380 e. The molecular formula is C12H25N3O3. The Kier molecular flexibility index (Phi) is 8.32. The second kappa shape index (κ2) is 8.88. The first-order valence-corrected chi connectivity index (χ1v) is 6.20. The average Bonchev–Trinajstić information content (AvgIpc) is 2.22. The fraction of sp³-hybridized carbons (Fsp3) is 0.833. The topological polar surface area (TPSA) is 93.5 Å². The molecular weight excluding hydrogens is 234 g/mol. The summed E-state index contributed by atoms with van der Waals surface area (Å²) < 4.78 is 5.08. The van der Waals surface area contributed by atoms with Crippen LogP contribution in [0, 0.1) is 0 Å². The van der Waals surface area contributed by atoms with Crippen LogP contribution in [0.4, 0.5) is 0 Å². The summed E-state index contributed by atoms with van der Waals surface area (Å²) in [5.74, 6) is -0.183. The SMILES string of the molecule is CC(C)(C)NC(=O)CCNC(=O)CCOCCN. The van der Waals surface area contributed by atoms with Gasteiger partial charge in [0.15, 0.2) is 0 Å². The summed E-state index contributed by atoms with van der Waals surface area (Å²) in [4.78, 5) is 22.8.